The number of likely N-dealkylation sites (tertiary alicyclic amines) is 1. The fraction of sp³-hybridized carbons (Fsp3) is 0.588. The Morgan fingerprint density at radius 3 is 2.50 bits per heavy atom. The number of aliphatic imine (C=N–C) groups is 1. The maximum Gasteiger partial charge on any atom is 0.191 e. The average molecular weight is 414 g/mol. The lowest BCUT2D eigenvalue weighted by molar-refractivity contribution is 0.258. The monoisotopic (exact) mass is 414 g/mol. The second-order valence-corrected chi connectivity index (χ2v) is 6.33. The number of halogens is 1. The van der Waals surface area contributed by atoms with Gasteiger partial charge in [0.05, 0.1) is 0 Å². The normalized spacial score (nSPS) is 25.6. The van der Waals surface area contributed by atoms with Crippen LogP contribution in [-0.4, -0.2) is 42.6 Å². The number of nitrogens with zero attached hydrogens (tertiary/aromatic N) is 2. The van der Waals surface area contributed by atoms with Gasteiger partial charge in [0.2, 0.25) is 0 Å². The van der Waals surface area contributed by atoms with Gasteiger partial charge in [-0.2, -0.15) is 0 Å². The molecule has 0 amide bonds. The molecule has 5 heteroatoms. The summed E-state index contributed by atoms with van der Waals surface area (Å²) in [5.41, 5.74) is 1.39. The van der Waals surface area contributed by atoms with Gasteiger partial charge in [-0.05, 0) is 31.7 Å². The summed E-state index contributed by atoms with van der Waals surface area (Å²) < 4.78 is 0. The molecule has 22 heavy (non-hydrogen) atoms. The van der Waals surface area contributed by atoms with Gasteiger partial charge < -0.3 is 10.6 Å². The van der Waals surface area contributed by atoms with Crippen LogP contribution in [0, 0.1) is 0 Å². The molecule has 1 aliphatic heterocycles. The molecule has 2 aliphatic rings. The highest BCUT2D eigenvalue weighted by molar-refractivity contribution is 14.0. The molecule has 1 aromatic rings. The van der Waals surface area contributed by atoms with Crippen LogP contribution in [0.5, 0.6) is 0 Å². The van der Waals surface area contributed by atoms with Gasteiger partial charge in [-0.3, -0.25) is 9.89 Å². The van der Waals surface area contributed by atoms with Crippen molar-refractivity contribution in [3.05, 3.63) is 35.9 Å². The van der Waals surface area contributed by atoms with E-state index in [2.05, 4.69) is 57.8 Å². The van der Waals surface area contributed by atoms with E-state index in [0.29, 0.717) is 18.1 Å². The molecular weight excluding hydrogens is 387 g/mol. The minimum absolute atomic E-state index is 0. The predicted molar refractivity (Wildman–Crippen MR) is 103 cm³/mol. The van der Waals surface area contributed by atoms with E-state index in [1.807, 2.05) is 7.05 Å². The molecule has 1 saturated carbocycles. The van der Waals surface area contributed by atoms with Crippen molar-refractivity contribution < 1.29 is 0 Å². The molecule has 2 fully saturated rings. The van der Waals surface area contributed by atoms with E-state index >= 15 is 0 Å². The Morgan fingerprint density at radius 2 is 1.86 bits per heavy atom. The second kappa shape index (κ2) is 8.15. The first kappa shape index (κ1) is 17.5. The fourth-order valence-corrected chi connectivity index (χ4v) is 3.03. The van der Waals surface area contributed by atoms with Gasteiger partial charge in [0.15, 0.2) is 5.96 Å². The third-order valence-electron chi connectivity index (χ3n) is 4.42. The maximum atomic E-state index is 4.34. The first-order valence-corrected chi connectivity index (χ1v) is 8.02. The molecule has 2 atom stereocenters. The molecule has 0 spiro atoms. The van der Waals surface area contributed by atoms with Crippen LogP contribution >= 0.6 is 24.0 Å². The van der Waals surface area contributed by atoms with Gasteiger partial charge in [-0.15, -0.1) is 24.0 Å². The lowest BCUT2D eigenvalue weighted by Crippen LogP contribution is -2.45. The standard InChI is InChI=1S/C17H26N4.HI/c1-13-10-16(20-17(18-2)19-15-8-9-15)12-21(13)11-14-6-4-3-5-7-14;/h3-7,13,15-16H,8-12H2,1-2H3,(H2,18,19,20);1H. The highest BCUT2D eigenvalue weighted by Gasteiger charge is 2.30. The first-order valence-electron chi connectivity index (χ1n) is 8.02. The third kappa shape index (κ3) is 4.84. The number of hydrogen-bond donors (Lipinski definition) is 2. The van der Waals surface area contributed by atoms with Gasteiger partial charge in [0, 0.05) is 38.3 Å². The summed E-state index contributed by atoms with van der Waals surface area (Å²) in [6.45, 7) is 4.44. The van der Waals surface area contributed by atoms with Crippen molar-refractivity contribution in [3.8, 4) is 0 Å². The Bertz CT molecular complexity index is 487. The van der Waals surface area contributed by atoms with Gasteiger partial charge in [-0.25, -0.2) is 0 Å². The summed E-state index contributed by atoms with van der Waals surface area (Å²) >= 11 is 0. The molecule has 2 unspecified atom stereocenters. The zero-order valence-corrected chi connectivity index (χ0v) is 15.8. The molecule has 2 N–H and O–H groups in total. The molecule has 1 aliphatic carbocycles. The number of rotatable bonds is 4. The minimum atomic E-state index is 0. The summed E-state index contributed by atoms with van der Waals surface area (Å²) in [5.74, 6) is 0.969. The van der Waals surface area contributed by atoms with E-state index in [1.165, 1.54) is 24.8 Å². The van der Waals surface area contributed by atoms with Gasteiger partial charge >= 0.3 is 0 Å². The lowest BCUT2D eigenvalue weighted by atomic mass is 10.2. The second-order valence-electron chi connectivity index (χ2n) is 6.33. The van der Waals surface area contributed by atoms with Crippen LogP contribution in [0.1, 0.15) is 31.7 Å². The van der Waals surface area contributed by atoms with Crippen LogP contribution in [-0.2, 0) is 6.54 Å². The van der Waals surface area contributed by atoms with E-state index in [-0.39, 0.29) is 24.0 Å². The van der Waals surface area contributed by atoms with E-state index < -0.39 is 0 Å². The Balaban J connectivity index is 0.00000176. The van der Waals surface area contributed by atoms with Gasteiger partial charge in [0.1, 0.15) is 0 Å². The van der Waals surface area contributed by atoms with Gasteiger partial charge in [-0.1, -0.05) is 30.3 Å². The maximum absolute atomic E-state index is 4.34. The SMILES string of the molecule is CN=C(NC1CC1)NC1CC(C)N(Cc2ccccc2)C1.I. The van der Waals surface area contributed by atoms with E-state index in [1.54, 1.807) is 0 Å². The smallest absolute Gasteiger partial charge is 0.191 e. The van der Waals surface area contributed by atoms with Crippen LogP contribution in [0.2, 0.25) is 0 Å². The van der Waals surface area contributed by atoms with Crippen molar-refractivity contribution in [1.82, 2.24) is 15.5 Å². The molecule has 4 nitrogen and oxygen atoms in total. The number of guanidine groups is 1. The van der Waals surface area contributed by atoms with Crippen molar-refractivity contribution >= 4 is 29.9 Å². The Hall–Kier alpha value is -0.820. The third-order valence-corrected chi connectivity index (χ3v) is 4.42. The Labute approximate surface area is 150 Å². The van der Waals surface area contributed by atoms with E-state index in [9.17, 15) is 0 Å². The van der Waals surface area contributed by atoms with Crippen LogP contribution in [0.25, 0.3) is 0 Å². The molecular formula is C17H27IN4. The molecule has 1 heterocycles. The Morgan fingerprint density at radius 1 is 1.18 bits per heavy atom. The molecule has 0 radical (unpaired) electrons. The topological polar surface area (TPSA) is 39.7 Å². The summed E-state index contributed by atoms with van der Waals surface area (Å²) in [7, 11) is 1.86. The van der Waals surface area contributed by atoms with Crippen LogP contribution in [0.3, 0.4) is 0 Å². The summed E-state index contributed by atoms with van der Waals surface area (Å²) in [6, 6.07) is 12.5. The van der Waals surface area contributed by atoms with Gasteiger partial charge in [0.25, 0.3) is 0 Å². The van der Waals surface area contributed by atoms with Crippen molar-refractivity contribution in [2.75, 3.05) is 13.6 Å². The fourth-order valence-electron chi connectivity index (χ4n) is 3.03. The van der Waals surface area contributed by atoms with E-state index in [4.69, 9.17) is 0 Å². The largest absolute Gasteiger partial charge is 0.354 e. The van der Waals surface area contributed by atoms with E-state index in [0.717, 1.165) is 19.0 Å². The predicted octanol–water partition coefficient (Wildman–Crippen LogP) is 2.59. The highest BCUT2D eigenvalue weighted by atomic mass is 127. The average Bonchev–Trinajstić information content (AvgIpc) is 3.24. The van der Waals surface area contributed by atoms with Crippen molar-refractivity contribution in [2.24, 2.45) is 4.99 Å². The zero-order valence-electron chi connectivity index (χ0n) is 13.5. The molecule has 1 aromatic carbocycles. The quantitative estimate of drug-likeness (QED) is 0.452. The minimum Gasteiger partial charge on any atom is -0.354 e. The number of hydrogen-bond acceptors (Lipinski definition) is 2. The van der Waals surface area contributed by atoms with Crippen molar-refractivity contribution in [3.63, 3.8) is 0 Å². The molecule has 3 rings (SSSR count). The van der Waals surface area contributed by atoms with Crippen molar-refractivity contribution in [2.45, 2.75) is 50.9 Å². The Kier molecular flexibility index (Phi) is 6.50. The summed E-state index contributed by atoms with van der Waals surface area (Å²) in [5, 5.41) is 7.05. The molecule has 0 aromatic heterocycles. The highest BCUT2D eigenvalue weighted by Crippen LogP contribution is 2.21. The molecule has 0 bridgehead atoms. The number of nitrogens with one attached hydrogen (secondary N) is 2. The summed E-state index contributed by atoms with van der Waals surface area (Å²) in [6.07, 6.45) is 3.74. The lowest BCUT2D eigenvalue weighted by Gasteiger charge is -2.21. The first-order chi connectivity index (χ1) is 10.2. The number of benzene rings is 1. The van der Waals surface area contributed by atoms with Crippen molar-refractivity contribution in [1.29, 1.82) is 0 Å². The molecule has 122 valence electrons. The van der Waals surface area contributed by atoms with Crippen LogP contribution in [0.15, 0.2) is 35.3 Å². The van der Waals surface area contributed by atoms with Crippen LogP contribution in [0.4, 0.5) is 0 Å². The summed E-state index contributed by atoms with van der Waals surface area (Å²) in [4.78, 5) is 6.89. The zero-order chi connectivity index (χ0) is 14.7. The molecule has 1 saturated heterocycles. The van der Waals surface area contributed by atoms with Crippen LogP contribution < -0.4 is 10.6 Å².